The van der Waals surface area contributed by atoms with Crippen molar-refractivity contribution in [1.29, 1.82) is 0 Å². The molecule has 2 N–H and O–H groups in total. The van der Waals surface area contributed by atoms with E-state index in [9.17, 15) is 0 Å². The Bertz CT molecular complexity index is 778. The fourth-order valence-corrected chi connectivity index (χ4v) is 3.44. The van der Waals surface area contributed by atoms with Crippen LogP contribution in [0.2, 0.25) is 0 Å². The van der Waals surface area contributed by atoms with E-state index in [-0.39, 0.29) is 0 Å². The van der Waals surface area contributed by atoms with E-state index in [4.69, 9.17) is 5.73 Å². The fourth-order valence-electron chi connectivity index (χ4n) is 2.22. The van der Waals surface area contributed by atoms with Crippen LogP contribution in [0.5, 0.6) is 0 Å². The van der Waals surface area contributed by atoms with Gasteiger partial charge in [-0.3, -0.25) is 4.57 Å². The van der Waals surface area contributed by atoms with Gasteiger partial charge in [0.2, 0.25) is 5.95 Å². The Balaban J connectivity index is 2.39. The second kappa shape index (κ2) is 4.65. The molecule has 3 aromatic rings. The van der Waals surface area contributed by atoms with Gasteiger partial charge in [0, 0.05) is 8.95 Å². The van der Waals surface area contributed by atoms with Crippen LogP contribution in [0.3, 0.4) is 0 Å². The molecule has 0 bridgehead atoms. The first-order valence-electron chi connectivity index (χ1n) is 5.77. The number of aryl methyl sites for hydroxylation is 1. The summed E-state index contributed by atoms with van der Waals surface area (Å²) in [6.45, 7) is 2.06. The third-order valence-electron chi connectivity index (χ3n) is 3.05. The molecule has 0 saturated heterocycles. The lowest BCUT2D eigenvalue weighted by Gasteiger charge is -2.10. The van der Waals surface area contributed by atoms with E-state index in [0.29, 0.717) is 5.95 Å². The third kappa shape index (κ3) is 2.07. The summed E-state index contributed by atoms with van der Waals surface area (Å²) in [7, 11) is 0. The highest BCUT2D eigenvalue weighted by atomic mass is 79.9. The van der Waals surface area contributed by atoms with E-state index in [1.165, 1.54) is 0 Å². The molecule has 0 fully saturated rings. The van der Waals surface area contributed by atoms with Crippen molar-refractivity contribution in [3.63, 3.8) is 0 Å². The number of rotatable bonds is 1. The van der Waals surface area contributed by atoms with Crippen molar-refractivity contribution in [2.24, 2.45) is 0 Å². The van der Waals surface area contributed by atoms with E-state index in [1.807, 2.05) is 34.9 Å². The normalized spacial score (nSPS) is 11.1. The molecular formula is C14H11Br2N3. The van der Waals surface area contributed by atoms with Gasteiger partial charge in [0.1, 0.15) is 0 Å². The summed E-state index contributed by atoms with van der Waals surface area (Å²) in [4.78, 5) is 4.42. The first-order valence-corrected chi connectivity index (χ1v) is 7.35. The summed E-state index contributed by atoms with van der Waals surface area (Å²) in [5.74, 6) is 0.493. The molecule has 0 atom stereocenters. The quantitative estimate of drug-likeness (QED) is 0.678. The number of hydrogen-bond donors (Lipinski definition) is 1. The zero-order valence-electron chi connectivity index (χ0n) is 10.2. The molecule has 3 rings (SSSR count). The van der Waals surface area contributed by atoms with Gasteiger partial charge in [-0.2, -0.15) is 0 Å². The van der Waals surface area contributed by atoms with E-state index in [1.54, 1.807) is 0 Å². The third-order valence-corrected chi connectivity index (χ3v) is 4.18. The van der Waals surface area contributed by atoms with Crippen LogP contribution < -0.4 is 5.73 Å². The molecule has 0 aliphatic carbocycles. The monoisotopic (exact) mass is 379 g/mol. The SMILES string of the molecule is Cc1cccc2nc(N)n(-c3ccc(Br)cc3Br)c12. The van der Waals surface area contributed by atoms with Crippen molar-refractivity contribution in [3.8, 4) is 5.69 Å². The Hall–Kier alpha value is -1.33. The second-order valence-electron chi connectivity index (χ2n) is 4.34. The predicted octanol–water partition coefficient (Wildman–Crippen LogP) is 4.44. The summed E-state index contributed by atoms with van der Waals surface area (Å²) < 4.78 is 3.96. The topological polar surface area (TPSA) is 43.8 Å². The van der Waals surface area contributed by atoms with E-state index >= 15 is 0 Å². The minimum absolute atomic E-state index is 0.493. The van der Waals surface area contributed by atoms with E-state index in [0.717, 1.165) is 31.2 Å². The van der Waals surface area contributed by atoms with Crippen LogP contribution in [0.1, 0.15) is 5.56 Å². The van der Waals surface area contributed by atoms with Crippen molar-refractivity contribution in [2.45, 2.75) is 6.92 Å². The maximum absolute atomic E-state index is 6.08. The lowest BCUT2D eigenvalue weighted by atomic mass is 10.2. The number of para-hydroxylation sites is 1. The number of nitrogens with two attached hydrogens (primary N) is 1. The second-order valence-corrected chi connectivity index (χ2v) is 6.11. The molecule has 0 unspecified atom stereocenters. The maximum atomic E-state index is 6.08. The highest BCUT2D eigenvalue weighted by molar-refractivity contribution is 9.11. The van der Waals surface area contributed by atoms with Crippen LogP contribution in [-0.2, 0) is 0 Å². The fraction of sp³-hybridized carbons (Fsp3) is 0.0714. The first kappa shape index (κ1) is 12.7. The van der Waals surface area contributed by atoms with Gasteiger partial charge < -0.3 is 5.73 Å². The molecule has 1 heterocycles. The first-order chi connectivity index (χ1) is 9.08. The van der Waals surface area contributed by atoms with Gasteiger partial charge >= 0.3 is 0 Å². The zero-order chi connectivity index (χ0) is 13.6. The van der Waals surface area contributed by atoms with Crippen LogP contribution >= 0.6 is 31.9 Å². The molecule has 19 heavy (non-hydrogen) atoms. The van der Waals surface area contributed by atoms with Gasteiger partial charge in [0.05, 0.1) is 16.7 Å². The van der Waals surface area contributed by atoms with Crippen LogP contribution in [-0.4, -0.2) is 9.55 Å². The van der Waals surface area contributed by atoms with Gasteiger partial charge in [-0.15, -0.1) is 0 Å². The Morgan fingerprint density at radius 3 is 2.68 bits per heavy atom. The minimum atomic E-state index is 0.493. The number of aromatic nitrogens is 2. The summed E-state index contributed by atoms with van der Waals surface area (Å²) in [5.41, 5.74) is 10.2. The van der Waals surface area contributed by atoms with Crippen molar-refractivity contribution < 1.29 is 0 Å². The number of benzene rings is 2. The van der Waals surface area contributed by atoms with Crippen LogP contribution in [0.25, 0.3) is 16.7 Å². The number of fused-ring (bicyclic) bond motifs is 1. The minimum Gasteiger partial charge on any atom is -0.369 e. The Morgan fingerprint density at radius 1 is 1.16 bits per heavy atom. The maximum Gasteiger partial charge on any atom is 0.205 e. The molecule has 0 aliphatic heterocycles. The molecular weight excluding hydrogens is 370 g/mol. The van der Waals surface area contributed by atoms with E-state index < -0.39 is 0 Å². The Kier molecular flexibility index (Phi) is 3.11. The van der Waals surface area contributed by atoms with Crippen LogP contribution in [0.4, 0.5) is 5.95 Å². The molecule has 0 aliphatic rings. The number of imidazole rings is 1. The lowest BCUT2D eigenvalue weighted by molar-refractivity contribution is 1.09. The lowest BCUT2D eigenvalue weighted by Crippen LogP contribution is -2.02. The van der Waals surface area contributed by atoms with Gasteiger partial charge in [0.25, 0.3) is 0 Å². The number of anilines is 1. The van der Waals surface area contributed by atoms with Crippen molar-refractivity contribution in [1.82, 2.24) is 9.55 Å². The van der Waals surface area contributed by atoms with Crippen LogP contribution in [0.15, 0.2) is 45.3 Å². The predicted molar refractivity (Wildman–Crippen MR) is 85.6 cm³/mol. The summed E-state index contributed by atoms with van der Waals surface area (Å²) in [6.07, 6.45) is 0. The largest absolute Gasteiger partial charge is 0.369 e. The molecule has 0 radical (unpaired) electrons. The number of nitrogens with zero attached hydrogens (tertiary/aromatic N) is 2. The van der Waals surface area contributed by atoms with Crippen molar-refractivity contribution >= 4 is 48.8 Å². The number of nitrogen functional groups attached to an aromatic ring is 1. The number of halogens is 2. The molecule has 1 aromatic heterocycles. The van der Waals surface area contributed by atoms with Crippen LogP contribution in [0, 0.1) is 6.92 Å². The molecule has 0 spiro atoms. The standard InChI is InChI=1S/C14H11Br2N3/c1-8-3-2-4-11-13(8)19(14(17)18-11)12-6-5-9(15)7-10(12)16/h2-7H,1H3,(H2,17,18). The number of hydrogen-bond acceptors (Lipinski definition) is 2. The molecule has 0 amide bonds. The summed E-state index contributed by atoms with van der Waals surface area (Å²) in [5, 5.41) is 0. The molecule has 0 saturated carbocycles. The Labute approximate surface area is 127 Å². The van der Waals surface area contributed by atoms with Crippen molar-refractivity contribution in [3.05, 3.63) is 50.9 Å². The molecule has 3 nitrogen and oxygen atoms in total. The van der Waals surface area contributed by atoms with Gasteiger partial charge in [0.15, 0.2) is 0 Å². The average molecular weight is 381 g/mol. The zero-order valence-corrected chi connectivity index (χ0v) is 13.4. The van der Waals surface area contributed by atoms with Crippen molar-refractivity contribution in [2.75, 3.05) is 5.73 Å². The molecule has 5 heteroatoms. The average Bonchev–Trinajstić information content (AvgIpc) is 2.67. The molecule has 96 valence electrons. The summed E-state index contributed by atoms with van der Waals surface area (Å²) >= 11 is 7.03. The molecule has 2 aromatic carbocycles. The van der Waals surface area contributed by atoms with Gasteiger partial charge in [-0.05, 0) is 52.7 Å². The smallest absolute Gasteiger partial charge is 0.205 e. The van der Waals surface area contributed by atoms with E-state index in [2.05, 4.69) is 49.8 Å². The highest BCUT2D eigenvalue weighted by Crippen LogP contribution is 2.31. The highest BCUT2D eigenvalue weighted by Gasteiger charge is 2.14. The summed E-state index contributed by atoms with van der Waals surface area (Å²) in [6, 6.07) is 12.0. The van der Waals surface area contributed by atoms with Gasteiger partial charge in [-0.1, -0.05) is 28.1 Å². The van der Waals surface area contributed by atoms with Gasteiger partial charge in [-0.25, -0.2) is 4.98 Å². The Morgan fingerprint density at radius 2 is 1.95 bits per heavy atom.